The predicted octanol–water partition coefficient (Wildman–Crippen LogP) is 2.11. The number of anilines is 1. The van der Waals surface area contributed by atoms with Crippen LogP contribution in [0.5, 0.6) is 5.75 Å². The van der Waals surface area contributed by atoms with Crippen LogP contribution in [0.4, 0.5) is 18.9 Å². The lowest BCUT2D eigenvalue weighted by molar-refractivity contribution is -0.274. The normalized spacial score (nSPS) is 11.4. The molecule has 1 rings (SSSR count). The summed E-state index contributed by atoms with van der Waals surface area (Å²) in [5.41, 5.74) is 6.41. The van der Waals surface area contributed by atoms with E-state index in [0.29, 0.717) is 11.3 Å². The second kappa shape index (κ2) is 4.61. The molecule has 0 atom stereocenters. The van der Waals surface area contributed by atoms with Gasteiger partial charge in [-0.2, -0.15) is 0 Å². The Balaban J connectivity index is 3.17. The van der Waals surface area contributed by atoms with E-state index in [2.05, 4.69) is 4.74 Å². The molecule has 0 heterocycles. The van der Waals surface area contributed by atoms with E-state index in [4.69, 9.17) is 5.73 Å². The number of rotatable bonds is 3. The molecule has 90 valence electrons. The van der Waals surface area contributed by atoms with Crippen LogP contribution < -0.4 is 15.4 Å². The van der Waals surface area contributed by atoms with Gasteiger partial charge in [0.05, 0.1) is 5.69 Å². The fourth-order valence-electron chi connectivity index (χ4n) is 1.45. The van der Waals surface area contributed by atoms with Gasteiger partial charge in [0, 0.05) is 20.6 Å². The Morgan fingerprint density at radius 1 is 1.31 bits per heavy atom. The largest absolute Gasteiger partial charge is 0.573 e. The van der Waals surface area contributed by atoms with Gasteiger partial charge in [0.15, 0.2) is 5.75 Å². The molecule has 0 aromatic heterocycles. The van der Waals surface area contributed by atoms with Gasteiger partial charge in [-0.3, -0.25) is 0 Å². The van der Waals surface area contributed by atoms with Crippen molar-refractivity contribution in [2.24, 2.45) is 5.73 Å². The van der Waals surface area contributed by atoms with E-state index in [9.17, 15) is 13.2 Å². The smallest absolute Gasteiger partial charge is 0.404 e. The third-order valence-electron chi connectivity index (χ3n) is 1.98. The van der Waals surface area contributed by atoms with Crippen molar-refractivity contribution in [1.29, 1.82) is 0 Å². The zero-order chi connectivity index (χ0) is 12.3. The molecule has 0 aliphatic rings. The van der Waals surface area contributed by atoms with Crippen molar-refractivity contribution in [2.45, 2.75) is 12.9 Å². The number of hydrogen-bond donors (Lipinski definition) is 1. The second-order valence-electron chi connectivity index (χ2n) is 3.41. The maximum absolute atomic E-state index is 12.1. The number of ether oxygens (including phenoxy) is 1. The maximum Gasteiger partial charge on any atom is 0.573 e. The van der Waals surface area contributed by atoms with Crippen LogP contribution in [-0.4, -0.2) is 20.5 Å². The highest BCUT2D eigenvalue weighted by Gasteiger charge is 2.32. The Morgan fingerprint density at radius 3 is 2.38 bits per heavy atom. The fourth-order valence-corrected chi connectivity index (χ4v) is 1.45. The zero-order valence-corrected chi connectivity index (χ0v) is 9.01. The fraction of sp³-hybridized carbons (Fsp3) is 0.400. The Labute approximate surface area is 91.6 Å². The van der Waals surface area contributed by atoms with Crippen molar-refractivity contribution >= 4 is 5.69 Å². The number of nitrogens with zero attached hydrogens (tertiary/aromatic N) is 1. The van der Waals surface area contributed by atoms with Gasteiger partial charge in [0.1, 0.15) is 0 Å². The standard InChI is InChI=1S/C10H13F3N2O/c1-15(2)9-7(6-14)4-3-5-8(9)16-10(11,12)13/h3-5H,6,14H2,1-2H3. The van der Waals surface area contributed by atoms with Gasteiger partial charge in [0.2, 0.25) is 0 Å². The van der Waals surface area contributed by atoms with Crippen molar-refractivity contribution in [3.05, 3.63) is 23.8 Å². The second-order valence-corrected chi connectivity index (χ2v) is 3.41. The molecule has 2 N–H and O–H groups in total. The Kier molecular flexibility index (Phi) is 3.64. The van der Waals surface area contributed by atoms with E-state index in [1.165, 1.54) is 12.1 Å². The number of halogens is 3. The van der Waals surface area contributed by atoms with Gasteiger partial charge in [0.25, 0.3) is 0 Å². The van der Waals surface area contributed by atoms with E-state index in [1.807, 2.05) is 0 Å². The summed E-state index contributed by atoms with van der Waals surface area (Å²) in [6, 6.07) is 4.41. The topological polar surface area (TPSA) is 38.5 Å². The van der Waals surface area contributed by atoms with E-state index >= 15 is 0 Å². The van der Waals surface area contributed by atoms with Gasteiger partial charge in [-0.15, -0.1) is 13.2 Å². The number of benzene rings is 1. The minimum atomic E-state index is -4.70. The number of nitrogens with two attached hydrogens (primary N) is 1. The first-order valence-corrected chi connectivity index (χ1v) is 4.60. The first-order valence-electron chi connectivity index (χ1n) is 4.60. The lowest BCUT2D eigenvalue weighted by atomic mass is 10.1. The molecule has 1 aromatic carbocycles. The molecule has 0 saturated heterocycles. The van der Waals surface area contributed by atoms with Gasteiger partial charge in [-0.1, -0.05) is 12.1 Å². The van der Waals surface area contributed by atoms with Gasteiger partial charge in [-0.05, 0) is 11.6 Å². The molecule has 0 amide bonds. The van der Waals surface area contributed by atoms with Crippen LogP contribution in [0.15, 0.2) is 18.2 Å². The van der Waals surface area contributed by atoms with Gasteiger partial charge < -0.3 is 15.4 Å². The molecule has 0 fully saturated rings. The van der Waals surface area contributed by atoms with Crippen LogP contribution >= 0.6 is 0 Å². The van der Waals surface area contributed by atoms with E-state index < -0.39 is 6.36 Å². The van der Waals surface area contributed by atoms with E-state index in [0.717, 1.165) is 0 Å². The summed E-state index contributed by atoms with van der Waals surface area (Å²) in [5.74, 6) is -0.236. The maximum atomic E-state index is 12.1. The monoisotopic (exact) mass is 234 g/mol. The lowest BCUT2D eigenvalue weighted by Crippen LogP contribution is -2.21. The molecule has 0 bridgehead atoms. The molecule has 1 aromatic rings. The highest BCUT2D eigenvalue weighted by molar-refractivity contribution is 5.63. The molecular weight excluding hydrogens is 221 g/mol. The third-order valence-corrected chi connectivity index (χ3v) is 1.98. The Hall–Kier alpha value is -1.43. The summed E-state index contributed by atoms with van der Waals surface area (Å²) in [6.07, 6.45) is -4.70. The molecule has 0 saturated carbocycles. The van der Waals surface area contributed by atoms with E-state index in [1.54, 1.807) is 25.1 Å². The summed E-state index contributed by atoms with van der Waals surface area (Å²) >= 11 is 0. The summed E-state index contributed by atoms with van der Waals surface area (Å²) in [6.45, 7) is 0.155. The first-order chi connectivity index (χ1) is 7.35. The quantitative estimate of drug-likeness (QED) is 0.870. The zero-order valence-electron chi connectivity index (χ0n) is 9.01. The van der Waals surface area contributed by atoms with Crippen LogP contribution in [0, 0.1) is 0 Å². The van der Waals surface area contributed by atoms with Crippen molar-refractivity contribution in [2.75, 3.05) is 19.0 Å². The minimum Gasteiger partial charge on any atom is -0.404 e. The summed E-state index contributed by atoms with van der Waals surface area (Å²) < 4.78 is 40.4. The molecule has 0 aliphatic carbocycles. The first kappa shape index (κ1) is 12.6. The molecule has 16 heavy (non-hydrogen) atoms. The molecule has 0 spiro atoms. The molecule has 0 aliphatic heterocycles. The van der Waals surface area contributed by atoms with E-state index in [-0.39, 0.29) is 12.3 Å². The number of alkyl halides is 3. The highest BCUT2D eigenvalue weighted by Crippen LogP contribution is 2.34. The van der Waals surface area contributed by atoms with Crippen LogP contribution in [0.2, 0.25) is 0 Å². The molecule has 0 radical (unpaired) electrons. The Bertz CT molecular complexity index is 364. The molecular formula is C10H13F3N2O. The average molecular weight is 234 g/mol. The van der Waals surface area contributed by atoms with Crippen LogP contribution in [0.1, 0.15) is 5.56 Å². The SMILES string of the molecule is CN(C)c1c(CN)cccc1OC(F)(F)F. The van der Waals surface area contributed by atoms with Gasteiger partial charge in [-0.25, -0.2) is 0 Å². The third kappa shape index (κ3) is 3.03. The van der Waals surface area contributed by atoms with Gasteiger partial charge >= 0.3 is 6.36 Å². The highest BCUT2D eigenvalue weighted by atomic mass is 19.4. The van der Waals surface area contributed by atoms with Crippen molar-refractivity contribution < 1.29 is 17.9 Å². The van der Waals surface area contributed by atoms with Crippen molar-refractivity contribution in [3.8, 4) is 5.75 Å². The minimum absolute atomic E-state index is 0.155. The van der Waals surface area contributed by atoms with Crippen molar-refractivity contribution in [1.82, 2.24) is 0 Å². The predicted molar refractivity (Wildman–Crippen MR) is 55.3 cm³/mol. The Morgan fingerprint density at radius 2 is 1.94 bits per heavy atom. The van der Waals surface area contributed by atoms with Crippen LogP contribution in [0.3, 0.4) is 0 Å². The lowest BCUT2D eigenvalue weighted by Gasteiger charge is -2.21. The molecule has 6 heteroatoms. The summed E-state index contributed by atoms with van der Waals surface area (Å²) in [5, 5.41) is 0. The summed E-state index contributed by atoms with van der Waals surface area (Å²) in [4.78, 5) is 1.54. The van der Waals surface area contributed by atoms with Crippen LogP contribution in [-0.2, 0) is 6.54 Å². The number of para-hydroxylation sites is 1. The number of hydrogen-bond acceptors (Lipinski definition) is 3. The van der Waals surface area contributed by atoms with Crippen molar-refractivity contribution in [3.63, 3.8) is 0 Å². The average Bonchev–Trinajstić information content (AvgIpc) is 2.14. The molecule has 3 nitrogen and oxygen atoms in total. The summed E-state index contributed by atoms with van der Waals surface area (Å²) in [7, 11) is 3.27. The molecule has 0 unspecified atom stereocenters. The van der Waals surface area contributed by atoms with Crippen LogP contribution in [0.25, 0.3) is 0 Å².